The van der Waals surface area contributed by atoms with Crippen LogP contribution in [0.3, 0.4) is 0 Å². The van der Waals surface area contributed by atoms with E-state index >= 15 is 0 Å². The summed E-state index contributed by atoms with van der Waals surface area (Å²) in [5.41, 5.74) is 3.94. The molecule has 0 radical (unpaired) electrons. The summed E-state index contributed by atoms with van der Waals surface area (Å²) >= 11 is 2.25. The first-order chi connectivity index (χ1) is 9.98. The minimum atomic E-state index is -3.28. The van der Waals surface area contributed by atoms with E-state index in [0.29, 0.717) is 6.54 Å². The third-order valence-electron chi connectivity index (χ3n) is 3.46. The molecule has 0 amide bonds. The summed E-state index contributed by atoms with van der Waals surface area (Å²) in [6.45, 7) is 0.390. The Hall–Kier alpha value is -1.34. The Morgan fingerprint density at radius 2 is 1.62 bits per heavy atom. The van der Waals surface area contributed by atoms with Crippen molar-refractivity contribution in [2.75, 3.05) is 17.1 Å². The molecule has 0 unspecified atom stereocenters. The number of nitrogens with zero attached hydrogens (tertiary/aromatic N) is 1. The van der Waals surface area contributed by atoms with Crippen LogP contribution < -0.4 is 4.31 Å². The van der Waals surface area contributed by atoms with Crippen LogP contribution in [0.4, 0.5) is 5.69 Å². The predicted molar refractivity (Wildman–Crippen MR) is 95.1 cm³/mol. The molecule has 3 rings (SSSR count). The lowest BCUT2D eigenvalue weighted by Gasteiger charge is -2.31. The summed E-state index contributed by atoms with van der Waals surface area (Å²) in [7, 11) is -3.28. The smallest absolute Gasteiger partial charge is 0.232 e. The molecule has 1 aliphatic heterocycles. The normalized spacial score (nSPS) is 15.0. The largest absolute Gasteiger partial charge is 0.265 e. The van der Waals surface area contributed by atoms with Crippen molar-refractivity contribution in [3.63, 3.8) is 0 Å². The van der Waals surface area contributed by atoms with Crippen molar-refractivity contribution in [1.82, 2.24) is 0 Å². The molecule has 108 valence electrons. The molecule has 0 aromatic heterocycles. The average molecular weight is 411 g/mol. The van der Waals surface area contributed by atoms with Crippen molar-refractivity contribution in [1.29, 1.82) is 0 Å². The first kappa shape index (κ1) is 14.6. The van der Waals surface area contributed by atoms with Crippen molar-refractivity contribution in [2.24, 2.45) is 0 Å². The fraction of sp³-hybridized carbons (Fsp3) is 0.125. The lowest BCUT2D eigenvalue weighted by Crippen LogP contribution is -2.34. The number of anilines is 1. The molecule has 0 aliphatic carbocycles. The van der Waals surface area contributed by atoms with E-state index in [9.17, 15) is 8.42 Å². The molecule has 0 spiro atoms. The minimum Gasteiger partial charge on any atom is -0.265 e. The number of halogens is 1. The zero-order valence-corrected chi connectivity index (χ0v) is 14.4. The number of sulfonamides is 1. The Labute approximate surface area is 138 Å². The van der Waals surface area contributed by atoms with Gasteiger partial charge >= 0.3 is 0 Å². The van der Waals surface area contributed by atoms with Crippen LogP contribution in [0.2, 0.25) is 0 Å². The molecule has 21 heavy (non-hydrogen) atoms. The van der Waals surface area contributed by atoms with Gasteiger partial charge in [-0.3, -0.25) is 4.31 Å². The fourth-order valence-electron chi connectivity index (χ4n) is 2.55. The van der Waals surface area contributed by atoms with Crippen molar-refractivity contribution in [3.05, 3.63) is 69.3 Å². The Kier molecular flexibility index (Phi) is 3.79. The van der Waals surface area contributed by atoms with Crippen LogP contribution in [0.5, 0.6) is 0 Å². The average Bonchev–Trinajstić information content (AvgIpc) is 2.46. The highest BCUT2D eigenvalue weighted by molar-refractivity contribution is 14.1. The van der Waals surface area contributed by atoms with Crippen LogP contribution in [0.1, 0.15) is 11.1 Å². The monoisotopic (exact) mass is 411 g/mol. The summed E-state index contributed by atoms with van der Waals surface area (Å²) in [6, 6.07) is 17.7. The third-order valence-corrected chi connectivity index (χ3v) is 5.47. The van der Waals surface area contributed by atoms with Crippen LogP contribution >= 0.6 is 22.6 Å². The number of para-hydroxylation sites is 1. The molecule has 0 fully saturated rings. The predicted octanol–water partition coefficient (Wildman–Crippen LogP) is 3.66. The maximum atomic E-state index is 12.0. The highest BCUT2D eigenvalue weighted by atomic mass is 127. The lowest BCUT2D eigenvalue weighted by atomic mass is 9.94. The van der Waals surface area contributed by atoms with Crippen LogP contribution in [0, 0.1) is 0 Å². The Morgan fingerprint density at radius 3 is 2.29 bits per heavy atom. The summed E-state index contributed by atoms with van der Waals surface area (Å²) in [5.74, 6) is 0. The van der Waals surface area contributed by atoms with Gasteiger partial charge in [0.15, 0.2) is 0 Å². The molecule has 5 heteroatoms. The van der Waals surface area contributed by atoms with E-state index in [2.05, 4.69) is 34.7 Å². The Morgan fingerprint density at radius 1 is 1.00 bits per heavy atom. The number of benzene rings is 2. The third kappa shape index (κ3) is 2.72. The highest BCUT2D eigenvalue weighted by Gasteiger charge is 2.28. The number of hydrogen-bond acceptors (Lipinski definition) is 2. The zero-order chi connectivity index (χ0) is 15.0. The summed E-state index contributed by atoms with van der Waals surface area (Å²) < 4.78 is 26.6. The van der Waals surface area contributed by atoms with Gasteiger partial charge in [-0.15, -0.1) is 0 Å². The molecule has 0 atom stereocenters. The topological polar surface area (TPSA) is 37.4 Å². The van der Waals surface area contributed by atoms with Crippen LogP contribution in [0.25, 0.3) is 5.57 Å². The van der Waals surface area contributed by atoms with Gasteiger partial charge in [0.25, 0.3) is 0 Å². The quantitative estimate of drug-likeness (QED) is 0.708. The van der Waals surface area contributed by atoms with Crippen molar-refractivity contribution in [2.45, 2.75) is 0 Å². The van der Waals surface area contributed by atoms with Crippen molar-refractivity contribution in [3.8, 4) is 0 Å². The second kappa shape index (κ2) is 5.46. The SMILES string of the molecule is CS(=O)(=O)N1CC(I)=C(c2ccccc2)c2ccccc21. The van der Waals surface area contributed by atoms with Gasteiger partial charge in [0.05, 0.1) is 18.5 Å². The van der Waals surface area contributed by atoms with E-state index in [4.69, 9.17) is 0 Å². The zero-order valence-electron chi connectivity index (χ0n) is 11.5. The van der Waals surface area contributed by atoms with Crippen LogP contribution in [-0.4, -0.2) is 21.2 Å². The van der Waals surface area contributed by atoms with E-state index in [1.807, 2.05) is 42.5 Å². The van der Waals surface area contributed by atoms with Crippen molar-refractivity contribution >= 4 is 43.9 Å². The molecule has 1 aliphatic rings. The van der Waals surface area contributed by atoms with Gasteiger partial charge in [-0.05, 0) is 34.2 Å². The Balaban J connectivity index is 2.25. The van der Waals surface area contributed by atoms with Gasteiger partial charge in [-0.25, -0.2) is 8.42 Å². The first-order valence-corrected chi connectivity index (χ1v) is 9.42. The fourth-order valence-corrected chi connectivity index (χ4v) is 4.61. The lowest BCUT2D eigenvalue weighted by molar-refractivity contribution is 0.598. The molecule has 0 saturated heterocycles. The maximum absolute atomic E-state index is 12.0. The minimum absolute atomic E-state index is 0.390. The van der Waals surface area contributed by atoms with Crippen molar-refractivity contribution < 1.29 is 8.42 Å². The van der Waals surface area contributed by atoms with E-state index in [1.165, 1.54) is 10.6 Å². The van der Waals surface area contributed by atoms with E-state index < -0.39 is 10.0 Å². The second-order valence-electron chi connectivity index (χ2n) is 4.93. The van der Waals surface area contributed by atoms with Gasteiger partial charge in [-0.1, -0.05) is 48.5 Å². The number of hydrogen-bond donors (Lipinski definition) is 0. The molecular formula is C16H14INO2S. The van der Waals surface area contributed by atoms with Gasteiger partial charge in [-0.2, -0.15) is 0 Å². The van der Waals surface area contributed by atoms with E-state index in [-0.39, 0.29) is 0 Å². The van der Waals surface area contributed by atoms with E-state index in [0.717, 1.165) is 26.0 Å². The van der Waals surface area contributed by atoms with Gasteiger partial charge in [0.2, 0.25) is 10.0 Å². The van der Waals surface area contributed by atoms with Gasteiger partial charge in [0, 0.05) is 14.7 Å². The summed E-state index contributed by atoms with van der Waals surface area (Å²) in [6.07, 6.45) is 1.25. The van der Waals surface area contributed by atoms with Crippen LogP contribution in [0.15, 0.2) is 58.2 Å². The number of fused-ring (bicyclic) bond motifs is 1. The molecule has 3 nitrogen and oxygen atoms in total. The molecule has 0 bridgehead atoms. The Bertz CT molecular complexity index is 813. The molecule has 1 heterocycles. The summed E-state index contributed by atoms with van der Waals surface area (Å²) in [4.78, 5) is 0. The highest BCUT2D eigenvalue weighted by Crippen LogP contribution is 2.41. The summed E-state index contributed by atoms with van der Waals surface area (Å²) in [5, 5.41) is 0. The second-order valence-corrected chi connectivity index (χ2v) is 8.14. The molecule has 2 aromatic carbocycles. The van der Waals surface area contributed by atoms with Gasteiger partial charge < -0.3 is 0 Å². The number of rotatable bonds is 2. The molecule has 0 saturated carbocycles. The molecule has 2 aromatic rings. The van der Waals surface area contributed by atoms with Crippen LogP contribution in [-0.2, 0) is 10.0 Å². The maximum Gasteiger partial charge on any atom is 0.232 e. The standard InChI is InChI=1S/C16H14INO2S/c1-21(19,20)18-11-14(17)16(12-7-3-2-4-8-12)13-9-5-6-10-15(13)18/h2-10H,11H2,1H3. The first-order valence-electron chi connectivity index (χ1n) is 6.49. The van der Waals surface area contributed by atoms with E-state index in [1.54, 1.807) is 0 Å². The van der Waals surface area contributed by atoms with Gasteiger partial charge in [0.1, 0.15) is 0 Å². The molecular weight excluding hydrogens is 397 g/mol. The molecule has 0 N–H and O–H groups in total.